The number of rotatable bonds is 9. The summed E-state index contributed by atoms with van der Waals surface area (Å²) in [7, 11) is 0. The maximum absolute atomic E-state index is 12.7. The molecule has 0 saturated carbocycles. The number of carbonyl (C=O) groups is 2. The Hall–Kier alpha value is -3.06. The zero-order valence-electron chi connectivity index (χ0n) is 19.0. The lowest BCUT2D eigenvalue weighted by molar-refractivity contribution is -0.130. The van der Waals surface area contributed by atoms with Crippen molar-refractivity contribution in [1.29, 1.82) is 0 Å². The third kappa shape index (κ3) is 6.72. The Kier molecular flexibility index (Phi) is 8.92. The van der Waals surface area contributed by atoms with Gasteiger partial charge in [-0.25, -0.2) is 0 Å². The van der Waals surface area contributed by atoms with Crippen LogP contribution < -0.4 is 14.8 Å². The predicted octanol–water partition coefficient (Wildman–Crippen LogP) is 2.95. The van der Waals surface area contributed by atoms with E-state index in [9.17, 15) is 9.59 Å². The molecule has 1 N–H and O–H groups in total. The molecular weight excluding hydrogens is 406 g/mol. The normalized spacial score (nSPS) is 14.5. The summed E-state index contributed by atoms with van der Waals surface area (Å²) < 4.78 is 11.1. The van der Waals surface area contributed by atoms with E-state index in [2.05, 4.69) is 22.3 Å². The lowest BCUT2D eigenvalue weighted by Crippen LogP contribution is -2.42. The predicted molar refractivity (Wildman–Crippen MR) is 124 cm³/mol. The van der Waals surface area contributed by atoms with Gasteiger partial charge in [0.2, 0.25) is 5.91 Å². The van der Waals surface area contributed by atoms with E-state index in [1.165, 1.54) is 5.56 Å². The van der Waals surface area contributed by atoms with Crippen molar-refractivity contribution in [3.8, 4) is 11.5 Å². The van der Waals surface area contributed by atoms with E-state index >= 15 is 0 Å². The van der Waals surface area contributed by atoms with E-state index in [0.29, 0.717) is 43.4 Å². The molecule has 0 aliphatic carbocycles. The quantitative estimate of drug-likeness (QED) is 0.651. The number of benzene rings is 2. The molecule has 32 heavy (non-hydrogen) atoms. The SMILES string of the molecule is CCOc1ccc(C(=O)NCC(=O)N2CCCN(Cc3ccccc3)CC2)cc1OCC. The Morgan fingerprint density at radius 2 is 1.66 bits per heavy atom. The molecule has 3 rings (SSSR count). The first-order valence-corrected chi connectivity index (χ1v) is 11.3. The maximum atomic E-state index is 12.7. The number of nitrogens with one attached hydrogen (secondary N) is 1. The van der Waals surface area contributed by atoms with Crippen LogP contribution in [0.2, 0.25) is 0 Å². The van der Waals surface area contributed by atoms with Gasteiger partial charge in [-0.3, -0.25) is 14.5 Å². The van der Waals surface area contributed by atoms with Crippen molar-refractivity contribution in [3.05, 3.63) is 59.7 Å². The molecule has 1 aliphatic heterocycles. The second-order valence-electron chi connectivity index (χ2n) is 7.71. The molecular formula is C25H33N3O4. The van der Waals surface area contributed by atoms with Gasteiger partial charge in [-0.1, -0.05) is 30.3 Å². The third-order valence-corrected chi connectivity index (χ3v) is 5.40. The van der Waals surface area contributed by atoms with E-state index < -0.39 is 0 Å². The first kappa shape index (κ1) is 23.6. The summed E-state index contributed by atoms with van der Waals surface area (Å²) in [6.07, 6.45) is 0.920. The van der Waals surface area contributed by atoms with Crippen molar-refractivity contribution < 1.29 is 19.1 Å². The summed E-state index contributed by atoms with van der Waals surface area (Å²) in [5.74, 6) is 0.768. The lowest BCUT2D eigenvalue weighted by Gasteiger charge is -2.22. The minimum atomic E-state index is -0.303. The summed E-state index contributed by atoms with van der Waals surface area (Å²) in [6, 6.07) is 15.4. The van der Waals surface area contributed by atoms with E-state index in [1.807, 2.05) is 36.9 Å². The smallest absolute Gasteiger partial charge is 0.251 e. The molecule has 1 aliphatic rings. The first-order valence-electron chi connectivity index (χ1n) is 11.3. The molecule has 0 spiro atoms. The standard InChI is InChI=1S/C25H33N3O4/c1-3-31-22-12-11-21(17-23(22)32-4-2)25(30)26-18-24(29)28-14-8-13-27(15-16-28)19-20-9-6-5-7-10-20/h5-7,9-12,17H,3-4,8,13-16,18-19H2,1-2H3,(H,26,30). The van der Waals surface area contributed by atoms with Gasteiger partial charge in [0, 0.05) is 38.3 Å². The Bertz CT molecular complexity index is 888. The van der Waals surface area contributed by atoms with Crippen molar-refractivity contribution in [1.82, 2.24) is 15.1 Å². The van der Waals surface area contributed by atoms with Crippen LogP contribution in [0, 0.1) is 0 Å². The first-order chi connectivity index (χ1) is 15.6. The monoisotopic (exact) mass is 439 g/mol. The van der Waals surface area contributed by atoms with Crippen LogP contribution in [0.4, 0.5) is 0 Å². The Morgan fingerprint density at radius 3 is 2.41 bits per heavy atom. The highest BCUT2D eigenvalue weighted by Crippen LogP contribution is 2.28. The number of amides is 2. The summed E-state index contributed by atoms with van der Waals surface area (Å²) in [5, 5.41) is 2.75. The summed E-state index contributed by atoms with van der Waals surface area (Å²) in [5.41, 5.74) is 1.72. The molecule has 1 saturated heterocycles. The molecule has 0 radical (unpaired) electrons. The highest BCUT2D eigenvalue weighted by atomic mass is 16.5. The number of ether oxygens (including phenoxy) is 2. The van der Waals surface area contributed by atoms with Gasteiger partial charge in [-0.05, 0) is 44.0 Å². The van der Waals surface area contributed by atoms with Crippen molar-refractivity contribution in [2.45, 2.75) is 26.8 Å². The zero-order valence-corrected chi connectivity index (χ0v) is 19.0. The molecule has 0 aromatic heterocycles. The van der Waals surface area contributed by atoms with Crippen LogP contribution in [-0.2, 0) is 11.3 Å². The summed E-state index contributed by atoms with van der Waals surface area (Å²) in [4.78, 5) is 29.5. The van der Waals surface area contributed by atoms with Crippen molar-refractivity contribution in [2.24, 2.45) is 0 Å². The fourth-order valence-corrected chi connectivity index (χ4v) is 3.78. The number of nitrogens with zero attached hydrogens (tertiary/aromatic N) is 2. The van der Waals surface area contributed by atoms with Gasteiger partial charge in [-0.2, -0.15) is 0 Å². The van der Waals surface area contributed by atoms with E-state index in [0.717, 1.165) is 26.1 Å². The van der Waals surface area contributed by atoms with Gasteiger partial charge < -0.3 is 19.7 Å². The van der Waals surface area contributed by atoms with Crippen LogP contribution >= 0.6 is 0 Å². The van der Waals surface area contributed by atoms with Crippen LogP contribution in [0.1, 0.15) is 36.2 Å². The van der Waals surface area contributed by atoms with Crippen LogP contribution in [0.25, 0.3) is 0 Å². The molecule has 7 heteroatoms. The van der Waals surface area contributed by atoms with Crippen LogP contribution in [0.5, 0.6) is 11.5 Å². The number of hydrogen-bond donors (Lipinski definition) is 1. The van der Waals surface area contributed by atoms with Crippen molar-refractivity contribution in [2.75, 3.05) is 45.9 Å². The van der Waals surface area contributed by atoms with E-state index in [4.69, 9.17) is 9.47 Å². The summed E-state index contributed by atoms with van der Waals surface area (Å²) in [6.45, 7) is 8.78. The van der Waals surface area contributed by atoms with Crippen LogP contribution in [-0.4, -0.2) is 67.6 Å². The number of carbonyl (C=O) groups excluding carboxylic acids is 2. The van der Waals surface area contributed by atoms with Gasteiger partial charge in [0.15, 0.2) is 11.5 Å². The largest absolute Gasteiger partial charge is 0.490 e. The van der Waals surface area contributed by atoms with Gasteiger partial charge in [0.05, 0.1) is 19.8 Å². The highest BCUT2D eigenvalue weighted by Gasteiger charge is 2.20. The fourth-order valence-electron chi connectivity index (χ4n) is 3.78. The summed E-state index contributed by atoms with van der Waals surface area (Å²) >= 11 is 0. The molecule has 1 heterocycles. The minimum Gasteiger partial charge on any atom is -0.490 e. The van der Waals surface area contributed by atoms with Gasteiger partial charge in [0.25, 0.3) is 5.91 Å². The Balaban J connectivity index is 1.50. The second-order valence-corrected chi connectivity index (χ2v) is 7.71. The van der Waals surface area contributed by atoms with Crippen LogP contribution in [0.3, 0.4) is 0 Å². The van der Waals surface area contributed by atoms with E-state index in [1.54, 1.807) is 18.2 Å². The van der Waals surface area contributed by atoms with E-state index in [-0.39, 0.29) is 18.4 Å². The lowest BCUT2D eigenvalue weighted by atomic mass is 10.2. The molecule has 172 valence electrons. The molecule has 0 bridgehead atoms. The maximum Gasteiger partial charge on any atom is 0.251 e. The zero-order chi connectivity index (χ0) is 22.8. The molecule has 1 fully saturated rings. The molecule has 2 aromatic carbocycles. The average molecular weight is 440 g/mol. The average Bonchev–Trinajstić information content (AvgIpc) is 3.05. The van der Waals surface area contributed by atoms with Gasteiger partial charge in [0.1, 0.15) is 0 Å². The van der Waals surface area contributed by atoms with Gasteiger partial charge >= 0.3 is 0 Å². The Labute approximate surface area is 190 Å². The fraction of sp³-hybridized carbons (Fsp3) is 0.440. The molecule has 2 amide bonds. The topological polar surface area (TPSA) is 71.1 Å². The van der Waals surface area contributed by atoms with Crippen molar-refractivity contribution >= 4 is 11.8 Å². The molecule has 7 nitrogen and oxygen atoms in total. The van der Waals surface area contributed by atoms with Crippen LogP contribution in [0.15, 0.2) is 48.5 Å². The molecule has 2 aromatic rings. The highest BCUT2D eigenvalue weighted by molar-refractivity contribution is 5.97. The molecule has 0 atom stereocenters. The third-order valence-electron chi connectivity index (χ3n) is 5.40. The molecule has 0 unspecified atom stereocenters. The Morgan fingerprint density at radius 1 is 0.906 bits per heavy atom. The van der Waals surface area contributed by atoms with Crippen molar-refractivity contribution in [3.63, 3.8) is 0 Å². The minimum absolute atomic E-state index is 0.0191. The van der Waals surface area contributed by atoms with Gasteiger partial charge in [-0.15, -0.1) is 0 Å². The second kappa shape index (κ2) is 12.1. The number of hydrogen-bond acceptors (Lipinski definition) is 5.